The minimum Gasteiger partial charge on any atom is -0.388 e. The van der Waals surface area contributed by atoms with Gasteiger partial charge in [0.05, 0.1) is 12.2 Å². The maximum Gasteiger partial charge on any atom is 0.227 e. The first-order chi connectivity index (χ1) is 12.8. The average Bonchev–Trinajstić information content (AvgIpc) is 3.15. The topological polar surface area (TPSA) is 72.8 Å². The summed E-state index contributed by atoms with van der Waals surface area (Å²) in [5.41, 5.74) is 2.13. The van der Waals surface area contributed by atoms with Crippen LogP contribution in [0.15, 0.2) is 0 Å². The molecule has 8 heteroatoms. The Balaban J connectivity index is 1.72. The van der Waals surface area contributed by atoms with Crippen molar-refractivity contribution in [2.24, 2.45) is 0 Å². The van der Waals surface area contributed by atoms with Gasteiger partial charge in [-0.25, -0.2) is 9.37 Å². The lowest BCUT2D eigenvalue weighted by molar-refractivity contribution is -0.130. The van der Waals surface area contributed by atoms with Crippen LogP contribution < -0.4 is 9.80 Å². The maximum atomic E-state index is 13.9. The van der Waals surface area contributed by atoms with Crippen LogP contribution in [0.4, 0.5) is 16.2 Å². The maximum absolute atomic E-state index is 13.9. The molecule has 1 spiro atoms. The highest BCUT2D eigenvalue weighted by molar-refractivity contribution is 5.73. The van der Waals surface area contributed by atoms with Gasteiger partial charge in [-0.05, 0) is 25.7 Å². The predicted molar refractivity (Wildman–Crippen MR) is 101 cm³/mol. The van der Waals surface area contributed by atoms with E-state index in [0.717, 1.165) is 55.8 Å². The van der Waals surface area contributed by atoms with Gasteiger partial charge in [-0.1, -0.05) is 0 Å². The van der Waals surface area contributed by atoms with Gasteiger partial charge in [0.1, 0.15) is 18.1 Å². The molecule has 3 heterocycles. The van der Waals surface area contributed by atoms with Gasteiger partial charge in [0, 0.05) is 51.6 Å². The predicted octanol–water partition coefficient (Wildman–Crippen LogP) is 0.888. The molecule has 0 aromatic carbocycles. The number of aromatic nitrogens is 2. The Morgan fingerprint density at radius 3 is 2.48 bits per heavy atom. The van der Waals surface area contributed by atoms with Crippen LogP contribution in [-0.2, 0) is 16.6 Å². The molecule has 2 fully saturated rings. The van der Waals surface area contributed by atoms with Gasteiger partial charge in [-0.3, -0.25) is 4.79 Å². The van der Waals surface area contributed by atoms with Gasteiger partial charge in [0.15, 0.2) is 0 Å². The molecule has 2 saturated heterocycles. The molecule has 1 amide bonds. The first-order valence-corrected chi connectivity index (χ1v) is 9.72. The quantitative estimate of drug-likeness (QED) is 0.825. The van der Waals surface area contributed by atoms with Crippen LogP contribution in [0.3, 0.4) is 0 Å². The lowest BCUT2D eigenvalue weighted by atomic mass is 9.76. The van der Waals surface area contributed by atoms with Crippen LogP contribution in [0.1, 0.15) is 37.4 Å². The third-order valence-corrected chi connectivity index (χ3v) is 6.41. The van der Waals surface area contributed by atoms with E-state index in [4.69, 9.17) is 9.97 Å². The number of halogens is 1. The smallest absolute Gasteiger partial charge is 0.227 e. The number of hydrogen-bond acceptors (Lipinski definition) is 6. The van der Waals surface area contributed by atoms with E-state index in [0.29, 0.717) is 5.95 Å². The van der Waals surface area contributed by atoms with Crippen molar-refractivity contribution < 1.29 is 14.3 Å². The second-order valence-electron chi connectivity index (χ2n) is 8.34. The van der Waals surface area contributed by atoms with E-state index in [-0.39, 0.29) is 24.4 Å². The van der Waals surface area contributed by atoms with Gasteiger partial charge < -0.3 is 19.8 Å². The first kappa shape index (κ1) is 18.4. The van der Waals surface area contributed by atoms with Gasteiger partial charge in [-0.15, -0.1) is 0 Å². The van der Waals surface area contributed by atoms with Crippen LogP contribution in [0.25, 0.3) is 0 Å². The van der Waals surface area contributed by atoms with Crippen molar-refractivity contribution in [3.63, 3.8) is 0 Å². The Morgan fingerprint density at radius 2 is 1.93 bits per heavy atom. The fourth-order valence-corrected chi connectivity index (χ4v) is 4.73. The fraction of sp³-hybridized carbons (Fsp3) is 0.737. The number of aliphatic hydroxyl groups excluding tert-OH is 1. The summed E-state index contributed by atoms with van der Waals surface area (Å²) in [6.45, 7) is 3.56. The second-order valence-corrected chi connectivity index (χ2v) is 8.34. The number of hydrogen-bond donors (Lipinski definition) is 1. The Kier molecular flexibility index (Phi) is 4.49. The molecule has 7 nitrogen and oxygen atoms in total. The summed E-state index contributed by atoms with van der Waals surface area (Å²) in [5.74, 6) is 1.52. The number of alkyl halides is 1. The Bertz CT molecular complexity index is 738. The van der Waals surface area contributed by atoms with E-state index in [9.17, 15) is 14.3 Å². The monoisotopic (exact) mass is 377 g/mol. The van der Waals surface area contributed by atoms with Crippen molar-refractivity contribution in [2.75, 3.05) is 50.1 Å². The van der Waals surface area contributed by atoms with Crippen molar-refractivity contribution in [1.29, 1.82) is 0 Å². The van der Waals surface area contributed by atoms with Crippen LogP contribution in [0.5, 0.6) is 0 Å². The summed E-state index contributed by atoms with van der Waals surface area (Å²) in [6.07, 6.45) is 1.44. The van der Waals surface area contributed by atoms with Crippen molar-refractivity contribution in [3.05, 3.63) is 11.3 Å². The van der Waals surface area contributed by atoms with Gasteiger partial charge in [0.25, 0.3) is 0 Å². The van der Waals surface area contributed by atoms with E-state index in [1.54, 1.807) is 6.92 Å². The molecule has 3 aliphatic rings. The van der Waals surface area contributed by atoms with E-state index < -0.39 is 12.3 Å². The van der Waals surface area contributed by atoms with Crippen LogP contribution in [-0.4, -0.2) is 78.4 Å². The summed E-state index contributed by atoms with van der Waals surface area (Å²) in [6, 6.07) is 0. The summed E-state index contributed by atoms with van der Waals surface area (Å²) in [7, 11) is 3.81. The number of carbonyl (C=O) groups excluding carboxylic acids is 1. The number of likely N-dealkylation sites (tertiary alicyclic amines) is 1. The highest BCUT2D eigenvalue weighted by Gasteiger charge is 2.46. The zero-order valence-corrected chi connectivity index (χ0v) is 16.3. The lowest BCUT2D eigenvalue weighted by Crippen LogP contribution is -2.44. The van der Waals surface area contributed by atoms with E-state index in [2.05, 4.69) is 0 Å². The number of amides is 1. The van der Waals surface area contributed by atoms with Gasteiger partial charge in [0.2, 0.25) is 11.9 Å². The zero-order valence-electron chi connectivity index (χ0n) is 16.3. The van der Waals surface area contributed by atoms with Crippen molar-refractivity contribution in [2.45, 2.75) is 50.3 Å². The summed E-state index contributed by atoms with van der Waals surface area (Å²) in [5, 5.41) is 9.87. The molecule has 0 unspecified atom stereocenters. The molecular weight excluding hydrogens is 349 g/mol. The molecule has 1 aromatic heterocycles. The fourth-order valence-electron chi connectivity index (χ4n) is 4.73. The number of rotatable bonds is 2. The minimum absolute atomic E-state index is 0.0306. The number of piperidine rings is 1. The third-order valence-electron chi connectivity index (χ3n) is 6.41. The molecule has 0 radical (unpaired) electrons. The first-order valence-electron chi connectivity index (χ1n) is 9.72. The standard InChI is InChI=1S/C19H28FN5O2/c1-12(26)24-8-6-19(7-9-24)5-4-13-16(19)21-18(23(2)3)22-17(13)25-10-14(20)15(27)11-25/h14-15,27H,4-11H2,1-3H3/t14-,15-/m1/s1. The number of carbonyl (C=O) groups is 1. The molecule has 1 N–H and O–H groups in total. The molecular formula is C19H28FN5O2. The van der Waals surface area contributed by atoms with Crippen molar-refractivity contribution >= 4 is 17.7 Å². The number of fused-ring (bicyclic) bond motifs is 2. The molecule has 0 bridgehead atoms. The van der Waals surface area contributed by atoms with Crippen molar-refractivity contribution in [3.8, 4) is 0 Å². The number of β-amino-alcohol motifs (C(OH)–C–C–N with tert-alkyl or cyclic N) is 1. The summed E-state index contributed by atoms with van der Waals surface area (Å²) < 4.78 is 13.9. The summed E-state index contributed by atoms with van der Waals surface area (Å²) in [4.78, 5) is 27.0. The van der Waals surface area contributed by atoms with E-state index in [1.165, 1.54) is 0 Å². The second kappa shape index (κ2) is 6.58. The average molecular weight is 377 g/mol. The molecule has 148 valence electrons. The zero-order chi connectivity index (χ0) is 19.3. The van der Waals surface area contributed by atoms with Crippen LogP contribution >= 0.6 is 0 Å². The minimum atomic E-state index is -1.24. The van der Waals surface area contributed by atoms with Gasteiger partial charge >= 0.3 is 0 Å². The van der Waals surface area contributed by atoms with Gasteiger partial charge in [-0.2, -0.15) is 4.98 Å². The normalized spacial score (nSPS) is 26.6. The molecule has 2 atom stereocenters. The number of aliphatic hydroxyl groups is 1. The molecule has 4 rings (SSSR count). The molecule has 1 aromatic rings. The highest BCUT2D eigenvalue weighted by Crippen LogP contribution is 2.48. The molecule has 1 aliphatic carbocycles. The number of nitrogens with zero attached hydrogens (tertiary/aromatic N) is 5. The van der Waals surface area contributed by atoms with E-state index in [1.807, 2.05) is 28.8 Å². The van der Waals surface area contributed by atoms with Crippen LogP contribution in [0.2, 0.25) is 0 Å². The highest BCUT2D eigenvalue weighted by atomic mass is 19.1. The summed E-state index contributed by atoms with van der Waals surface area (Å²) >= 11 is 0. The van der Waals surface area contributed by atoms with E-state index >= 15 is 0 Å². The lowest BCUT2D eigenvalue weighted by Gasteiger charge is -2.39. The largest absolute Gasteiger partial charge is 0.388 e. The molecule has 27 heavy (non-hydrogen) atoms. The Labute approximate surface area is 159 Å². The third kappa shape index (κ3) is 3.03. The molecule has 2 aliphatic heterocycles. The Morgan fingerprint density at radius 1 is 1.22 bits per heavy atom. The number of anilines is 2. The Hall–Kier alpha value is -1.96. The molecule has 0 saturated carbocycles. The SMILES string of the molecule is CC(=O)N1CCC2(CCc3c(N4C[C@@H](O)[C@H](F)C4)nc(N(C)C)nc32)CC1. The van der Waals surface area contributed by atoms with Crippen LogP contribution in [0, 0.1) is 0 Å². The van der Waals surface area contributed by atoms with Crippen molar-refractivity contribution in [1.82, 2.24) is 14.9 Å².